The van der Waals surface area contributed by atoms with Crippen molar-refractivity contribution in [1.29, 1.82) is 0 Å². The number of fused-ring (bicyclic) bond motifs is 1. The Bertz CT molecular complexity index is 848. The Morgan fingerprint density at radius 3 is 2.69 bits per heavy atom. The summed E-state index contributed by atoms with van der Waals surface area (Å²) in [7, 11) is 1.50. The van der Waals surface area contributed by atoms with Crippen molar-refractivity contribution in [1.82, 2.24) is 4.57 Å². The van der Waals surface area contributed by atoms with Crippen LogP contribution in [0.4, 0.5) is 0 Å². The molecule has 0 aliphatic carbocycles. The van der Waals surface area contributed by atoms with Gasteiger partial charge in [-0.05, 0) is 17.7 Å². The maximum atomic E-state index is 11.5. The monoisotopic (exact) mass is 363 g/mol. The van der Waals surface area contributed by atoms with Crippen molar-refractivity contribution in [3.05, 3.63) is 30.0 Å². The lowest BCUT2D eigenvalue weighted by molar-refractivity contribution is -0.198. The van der Waals surface area contributed by atoms with Crippen molar-refractivity contribution in [3.8, 4) is 5.75 Å². The van der Waals surface area contributed by atoms with Crippen molar-refractivity contribution in [2.75, 3.05) is 7.11 Å². The molecular formula is C17H21N3O6. The van der Waals surface area contributed by atoms with Gasteiger partial charge in [-0.3, -0.25) is 9.59 Å². The van der Waals surface area contributed by atoms with E-state index in [1.807, 2.05) is 0 Å². The number of primary amides is 2. The Balaban J connectivity index is 2.14. The minimum atomic E-state index is -1.28. The quantitative estimate of drug-likeness (QED) is 0.545. The van der Waals surface area contributed by atoms with Crippen LogP contribution in [-0.2, 0) is 20.7 Å². The van der Waals surface area contributed by atoms with E-state index in [0.29, 0.717) is 22.2 Å². The molecule has 4 atom stereocenters. The minimum absolute atomic E-state index is 0.0471. The third-order valence-corrected chi connectivity index (χ3v) is 4.52. The van der Waals surface area contributed by atoms with Crippen molar-refractivity contribution >= 4 is 22.7 Å². The van der Waals surface area contributed by atoms with Gasteiger partial charge < -0.3 is 35.7 Å². The van der Waals surface area contributed by atoms with Gasteiger partial charge in [0.15, 0.2) is 6.23 Å². The Hall–Kier alpha value is -2.62. The fourth-order valence-electron chi connectivity index (χ4n) is 3.33. The van der Waals surface area contributed by atoms with Crippen LogP contribution in [0.15, 0.2) is 24.4 Å². The highest BCUT2D eigenvalue weighted by Gasteiger charge is 2.40. The summed E-state index contributed by atoms with van der Waals surface area (Å²) in [5.41, 5.74) is 11.8. The Morgan fingerprint density at radius 1 is 1.35 bits per heavy atom. The molecule has 0 spiro atoms. The van der Waals surface area contributed by atoms with Crippen LogP contribution in [0.25, 0.3) is 10.9 Å². The highest BCUT2D eigenvalue weighted by molar-refractivity contribution is 5.93. The zero-order valence-electron chi connectivity index (χ0n) is 14.2. The molecule has 0 unspecified atom stereocenters. The Kier molecular flexibility index (Phi) is 4.86. The molecule has 2 amide bonds. The van der Waals surface area contributed by atoms with Gasteiger partial charge in [-0.25, -0.2) is 0 Å². The molecule has 0 radical (unpaired) electrons. The molecule has 2 aromatic rings. The number of amides is 2. The third-order valence-electron chi connectivity index (χ3n) is 4.52. The molecule has 6 N–H and O–H groups in total. The number of carbonyl (C=O) groups excluding carboxylic acids is 2. The van der Waals surface area contributed by atoms with E-state index in [0.717, 1.165) is 0 Å². The van der Waals surface area contributed by atoms with Gasteiger partial charge in [0.2, 0.25) is 11.8 Å². The lowest BCUT2D eigenvalue weighted by Gasteiger charge is -2.36. The number of rotatable bonds is 5. The van der Waals surface area contributed by atoms with Crippen molar-refractivity contribution in [2.24, 2.45) is 11.5 Å². The van der Waals surface area contributed by atoms with Crippen molar-refractivity contribution in [2.45, 2.75) is 37.4 Å². The SMILES string of the molecule is COc1cccc2c1c(CC(N)=O)cn2[C@H]1O[C@H](C(N)=O)C[C@H](O)[C@@H]1O. The smallest absolute Gasteiger partial charge is 0.246 e. The summed E-state index contributed by atoms with van der Waals surface area (Å²) in [5, 5.41) is 21.1. The summed E-state index contributed by atoms with van der Waals surface area (Å²) >= 11 is 0. The first-order chi connectivity index (χ1) is 12.3. The highest BCUT2D eigenvalue weighted by Crippen LogP contribution is 2.36. The van der Waals surface area contributed by atoms with E-state index in [1.165, 1.54) is 7.11 Å². The van der Waals surface area contributed by atoms with E-state index >= 15 is 0 Å². The fraction of sp³-hybridized carbons (Fsp3) is 0.412. The van der Waals surface area contributed by atoms with E-state index in [4.69, 9.17) is 20.9 Å². The third kappa shape index (κ3) is 3.12. The number of nitrogens with zero attached hydrogens (tertiary/aromatic N) is 1. The number of hydrogen-bond acceptors (Lipinski definition) is 6. The molecule has 1 saturated heterocycles. The van der Waals surface area contributed by atoms with Crippen LogP contribution < -0.4 is 16.2 Å². The van der Waals surface area contributed by atoms with E-state index in [-0.39, 0.29) is 12.8 Å². The predicted molar refractivity (Wildman–Crippen MR) is 91.1 cm³/mol. The van der Waals surface area contributed by atoms with Gasteiger partial charge in [-0.1, -0.05) is 6.07 Å². The summed E-state index contributed by atoms with van der Waals surface area (Å²) in [6.45, 7) is 0. The number of carbonyl (C=O) groups is 2. The number of aliphatic hydroxyl groups is 2. The molecule has 3 rings (SSSR count). The fourth-order valence-corrected chi connectivity index (χ4v) is 3.33. The summed E-state index contributed by atoms with van der Waals surface area (Å²) < 4.78 is 12.6. The second-order valence-corrected chi connectivity index (χ2v) is 6.27. The molecule has 1 aliphatic heterocycles. The van der Waals surface area contributed by atoms with Gasteiger partial charge in [0, 0.05) is 18.0 Å². The summed E-state index contributed by atoms with van der Waals surface area (Å²) in [6, 6.07) is 5.22. The van der Waals surface area contributed by atoms with Gasteiger partial charge in [0.1, 0.15) is 18.0 Å². The minimum Gasteiger partial charge on any atom is -0.496 e. The molecule has 26 heavy (non-hydrogen) atoms. The van der Waals surface area contributed by atoms with Crippen LogP contribution in [-0.4, -0.2) is 52.0 Å². The van der Waals surface area contributed by atoms with E-state index in [9.17, 15) is 19.8 Å². The first-order valence-electron chi connectivity index (χ1n) is 8.09. The first-order valence-corrected chi connectivity index (χ1v) is 8.09. The maximum absolute atomic E-state index is 11.5. The second kappa shape index (κ2) is 6.94. The number of hydrogen-bond donors (Lipinski definition) is 4. The topological polar surface area (TPSA) is 150 Å². The molecule has 140 valence electrons. The predicted octanol–water partition coefficient (Wildman–Crippen LogP) is -0.828. The molecular weight excluding hydrogens is 342 g/mol. The molecule has 1 aromatic carbocycles. The summed E-state index contributed by atoms with van der Waals surface area (Å²) in [5.74, 6) is -0.739. The van der Waals surface area contributed by atoms with E-state index in [1.54, 1.807) is 29.0 Å². The zero-order valence-corrected chi connectivity index (χ0v) is 14.2. The number of aromatic nitrogens is 1. The van der Waals surface area contributed by atoms with Gasteiger partial charge >= 0.3 is 0 Å². The number of ether oxygens (including phenoxy) is 2. The molecule has 1 fully saturated rings. The average Bonchev–Trinajstić information content (AvgIpc) is 2.95. The van der Waals surface area contributed by atoms with Crippen LogP contribution in [0.1, 0.15) is 18.2 Å². The van der Waals surface area contributed by atoms with Crippen LogP contribution >= 0.6 is 0 Å². The Morgan fingerprint density at radius 2 is 2.08 bits per heavy atom. The highest BCUT2D eigenvalue weighted by atomic mass is 16.5. The van der Waals surface area contributed by atoms with Crippen LogP contribution in [0, 0.1) is 0 Å². The number of nitrogens with two attached hydrogens (primary N) is 2. The molecule has 1 aromatic heterocycles. The number of benzene rings is 1. The van der Waals surface area contributed by atoms with Crippen molar-refractivity contribution in [3.63, 3.8) is 0 Å². The zero-order chi connectivity index (χ0) is 19.0. The maximum Gasteiger partial charge on any atom is 0.246 e. The normalized spacial score (nSPS) is 26.0. The standard InChI is InChI=1S/C17H21N3O6/c1-25-11-4-2-3-9-14(11)8(5-13(18)22)7-20(9)17-15(23)10(21)6-12(26-17)16(19)24/h2-4,7,10,12,15,17,21,23H,5-6H2,1H3,(H2,18,22)(H2,19,24)/t10-,12-,15-,17-/m0/s1. The first kappa shape index (κ1) is 18.2. The van der Waals surface area contributed by atoms with Crippen LogP contribution in [0.5, 0.6) is 5.75 Å². The summed E-state index contributed by atoms with van der Waals surface area (Å²) in [6.07, 6.45) is -3.11. The average molecular weight is 363 g/mol. The van der Waals surface area contributed by atoms with Crippen molar-refractivity contribution < 1.29 is 29.3 Å². The van der Waals surface area contributed by atoms with E-state index in [2.05, 4.69) is 0 Å². The Labute approximate surface area is 149 Å². The van der Waals surface area contributed by atoms with Crippen LogP contribution in [0.2, 0.25) is 0 Å². The second-order valence-electron chi connectivity index (χ2n) is 6.27. The van der Waals surface area contributed by atoms with E-state index < -0.39 is 36.4 Å². The summed E-state index contributed by atoms with van der Waals surface area (Å²) in [4.78, 5) is 23.0. The lowest BCUT2D eigenvalue weighted by Crippen LogP contribution is -2.49. The number of aliphatic hydroxyl groups excluding tert-OH is 2. The van der Waals surface area contributed by atoms with Gasteiger partial charge in [-0.2, -0.15) is 0 Å². The van der Waals surface area contributed by atoms with Gasteiger partial charge in [-0.15, -0.1) is 0 Å². The molecule has 0 saturated carbocycles. The molecule has 2 heterocycles. The molecule has 9 nitrogen and oxygen atoms in total. The van der Waals surface area contributed by atoms with Gasteiger partial charge in [0.05, 0.1) is 25.2 Å². The number of methoxy groups -OCH3 is 1. The molecule has 1 aliphatic rings. The largest absolute Gasteiger partial charge is 0.496 e. The molecule has 9 heteroatoms. The molecule has 0 bridgehead atoms. The van der Waals surface area contributed by atoms with Gasteiger partial charge in [0.25, 0.3) is 0 Å². The lowest BCUT2D eigenvalue weighted by atomic mass is 10.0. The van der Waals surface area contributed by atoms with Crippen LogP contribution in [0.3, 0.4) is 0 Å².